The van der Waals surface area contributed by atoms with E-state index in [9.17, 15) is 4.79 Å². The molecule has 2 nitrogen and oxygen atoms in total. The van der Waals surface area contributed by atoms with E-state index in [2.05, 4.69) is 4.99 Å². The first-order valence-corrected chi connectivity index (χ1v) is 17.9. The van der Waals surface area contributed by atoms with Crippen LogP contribution in [0.15, 0.2) is 4.99 Å². The van der Waals surface area contributed by atoms with Gasteiger partial charge in [0.1, 0.15) is 0 Å². The number of halogens is 2. The summed E-state index contributed by atoms with van der Waals surface area (Å²) in [6.07, 6.45) is 33.3. The number of hydrogen-bond acceptors (Lipinski definition) is 2. The molecule has 5 heteroatoms. The highest BCUT2D eigenvalue weighted by Crippen LogP contribution is 2.16. The summed E-state index contributed by atoms with van der Waals surface area (Å²) < 4.78 is 0. The molecule has 0 amide bonds. The van der Waals surface area contributed by atoms with E-state index in [1.165, 1.54) is 141 Å². The molecule has 184 valence electrons. The van der Waals surface area contributed by atoms with Crippen molar-refractivity contribution in [2.45, 2.75) is 154 Å². The molecule has 0 aromatic carbocycles. The number of unbranched alkanes of at least 4 members (excludes halogenated alkanes) is 22. The normalized spacial score (nSPS) is 11.2. The Morgan fingerprint density at radius 3 is 0.968 bits per heavy atom. The van der Waals surface area contributed by atoms with Crippen LogP contribution in [-0.2, 0) is 4.79 Å². The minimum absolute atomic E-state index is 0.664. The van der Waals surface area contributed by atoms with Gasteiger partial charge in [0.25, 0.3) is 0 Å². The van der Waals surface area contributed by atoms with Gasteiger partial charge in [-0.15, -0.1) is 0 Å². The van der Waals surface area contributed by atoms with Gasteiger partial charge >= 0.3 is 0 Å². The van der Waals surface area contributed by atoms with Crippen molar-refractivity contribution in [2.24, 2.45) is 4.99 Å². The zero-order valence-corrected chi connectivity index (χ0v) is 23.0. The Hall–Kier alpha value is 0.177. The molecule has 0 unspecified atom stereocenters. The van der Waals surface area contributed by atoms with Gasteiger partial charge in [0.15, 0.2) is 0 Å². The van der Waals surface area contributed by atoms with E-state index in [4.69, 9.17) is 22.2 Å². The van der Waals surface area contributed by atoms with Crippen molar-refractivity contribution >= 4 is 35.7 Å². The largest absolute Gasteiger partial charge is 0.237 e. The Kier molecular flexibility index (Phi) is 28.4. The topological polar surface area (TPSA) is 29.4 Å². The molecule has 0 atom stereocenters. The summed E-state index contributed by atoms with van der Waals surface area (Å²) in [7, 11) is -1.34. The van der Waals surface area contributed by atoms with Gasteiger partial charge in [0, 0.05) is 0 Å². The second-order valence-corrected chi connectivity index (χ2v) is 14.5. The SMILES string of the molecule is O=C=NCCCCCCCCCCCCCCCCCCCCCCCCC[SiH](Cl)Cl. The third kappa shape index (κ3) is 30.2. The monoisotopic (exact) mass is 491 g/mol. The molecule has 0 rings (SSSR count). The fraction of sp³-hybridized carbons (Fsp3) is 0.962. The molecule has 0 saturated heterocycles. The molecule has 0 aliphatic heterocycles. The Morgan fingerprint density at radius 1 is 0.452 bits per heavy atom. The van der Waals surface area contributed by atoms with E-state index in [0.717, 1.165) is 12.5 Å². The van der Waals surface area contributed by atoms with Crippen LogP contribution in [-0.4, -0.2) is 20.0 Å². The van der Waals surface area contributed by atoms with Crippen molar-refractivity contribution in [3.05, 3.63) is 0 Å². The second kappa shape index (κ2) is 28.2. The van der Waals surface area contributed by atoms with Crippen LogP contribution in [0.25, 0.3) is 0 Å². The highest BCUT2D eigenvalue weighted by molar-refractivity contribution is 7.33. The molecule has 0 bridgehead atoms. The van der Waals surface area contributed by atoms with Crippen LogP contribution in [0, 0.1) is 0 Å². The first-order valence-electron chi connectivity index (χ1n) is 13.6. The zero-order valence-electron chi connectivity index (χ0n) is 20.4. The van der Waals surface area contributed by atoms with Gasteiger partial charge in [0.2, 0.25) is 13.5 Å². The Balaban J connectivity index is 3.01. The van der Waals surface area contributed by atoms with Crippen molar-refractivity contribution in [1.29, 1.82) is 0 Å². The Bertz CT molecular complexity index is 390. The molecule has 0 heterocycles. The maximum absolute atomic E-state index is 9.95. The van der Waals surface area contributed by atoms with Gasteiger partial charge in [-0.2, -0.15) is 22.2 Å². The Labute approximate surface area is 205 Å². The lowest BCUT2D eigenvalue weighted by Crippen LogP contribution is -1.91. The molecule has 31 heavy (non-hydrogen) atoms. The molecule has 0 radical (unpaired) electrons. The molecule has 0 aliphatic rings. The number of rotatable bonds is 26. The molecular weight excluding hydrogens is 441 g/mol. The third-order valence-electron chi connectivity index (χ3n) is 6.26. The molecule has 0 aromatic heterocycles. The van der Waals surface area contributed by atoms with Gasteiger partial charge in [-0.3, -0.25) is 0 Å². The molecule has 0 fully saturated rings. The highest BCUT2D eigenvalue weighted by Gasteiger charge is 2.00. The number of carbonyl (C=O) groups excluding carboxylic acids is 1. The van der Waals surface area contributed by atoms with E-state index in [0.29, 0.717) is 6.54 Å². The summed E-state index contributed by atoms with van der Waals surface area (Å²) >= 11 is 11.8. The summed E-state index contributed by atoms with van der Waals surface area (Å²) in [6, 6.07) is 1.09. The fourth-order valence-electron chi connectivity index (χ4n) is 4.25. The van der Waals surface area contributed by atoms with E-state index in [1.807, 2.05) is 0 Å². The molecule has 0 N–H and O–H groups in total. The molecule has 0 aromatic rings. The first-order chi connectivity index (χ1) is 15.3. The third-order valence-corrected chi connectivity index (χ3v) is 8.41. The molecule has 0 spiro atoms. The van der Waals surface area contributed by atoms with Crippen LogP contribution >= 0.6 is 22.2 Å². The lowest BCUT2D eigenvalue weighted by atomic mass is 10.0. The molecular formula is C26H51Cl2NOSi. The van der Waals surface area contributed by atoms with Gasteiger partial charge in [-0.1, -0.05) is 141 Å². The van der Waals surface area contributed by atoms with Gasteiger partial charge in [0.05, 0.1) is 6.54 Å². The van der Waals surface area contributed by atoms with E-state index >= 15 is 0 Å². The molecule has 0 aliphatic carbocycles. The predicted molar refractivity (Wildman–Crippen MR) is 143 cm³/mol. The van der Waals surface area contributed by atoms with Crippen LogP contribution in [0.4, 0.5) is 0 Å². The minimum Gasteiger partial charge on any atom is -0.211 e. The van der Waals surface area contributed by atoms with Gasteiger partial charge in [-0.05, 0) is 12.5 Å². The maximum atomic E-state index is 9.95. The first kappa shape index (κ1) is 31.2. The smallest absolute Gasteiger partial charge is 0.211 e. The quantitative estimate of drug-likeness (QED) is 0.0388. The predicted octanol–water partition coefficient (Wildman–Crippen LogP) is 9.99. The minimum atomic E-state index is -1.34. The zero-order chi connectivity index (χ0) is 22.7. The van der Waals surface area contributed by atoms with E-state index < -0.39 is 7.42 Å². The number of aliphatic imine (C=N–C) groups is 1. The van der Waals surface area contributed by atoms with Crippen LogP contribution in [0.1, 0.15) is 148 Å². The second-order valence-electron chi connectivity index (χ2n) is 9.28. The van der Waals surface area contributed by atoms with Crippen molar-refractivity contribution in [1.82, 2.24) is 0 Å². The van der Waals surface area contributed by atoms with Gasteiger partial charge in [-0.25, -0.2) is 9.79 Å². The molecule has 0 saturated carbocycles. The number of nitrogens with zero attached hydrogens (tertiary/aromatic N) is 1. The Morgan fingerprint density at radius 2 is 0.710 bits per heavy atom. The summed E-state index contributed by atoms with van der Waals surface area (Å²) in [5.41, 5.74) is 0. The van der Waals surface area contributed by atoms with Crippen molar-refractivity contribution in [2.75, 3.05) is 6.54 Å². The van der Waals surface area contributed by atoms with E-state index in [1.54, 1.807) is 6.08 Å². The standard InChI is InChI=1S/C26H51Cl2NOSi/c27-31(28)25-23-21-19-17-15-13-11-9-7-5-3-1-2-4-6-8-10-12-14-16-18-20-22-24-29-26-30/h31H,1-25H2. The summed E-state index contributed by atoms with van der Waals surface area (Å²) in [5.74, 6) is 0. The van der Waals surface area contributed by atoms with Crippen LogP contribution in [0.5, 0.6) is 0 Å². The number of isocyanates is 1. The number of hydrogen-bond donors (Lipinski definition) is 0. The highest BCUT2D eigenvalue weighted by atomic mass is 35.7. The summed E-state index contributed by atoms with van der Waals surface area (Å²) in [4.78, 5) is 13.5. The lowest BCUT2D eigenvalue weighted by Gasteiger charge is -2.04. The summed E-state index contributed by atoms with van der Waals surface area (Å²) in [6.45, 7) is 0.664. The van der Waals surface area contributed by atoms with Crippen LogP contribution < -0.4 is 0 Å². The van der Waals surface area contributed by atoms with Gasteiger partial charge < -0.3 is 0 Å². The fourth-order valence-corrected chi connectivity index (χ4v) is 5.77. The lowest BCUT2D eigenvalue weighted by molar-refractivity contribution is 0.518. The average molecular weight is 493 g/mol. The van der Waals surface area contributed by atoms with Crippen LogP contribution in [0.3, 0.4) is 0 Å². The van der Waals surface area contributed by atoms with Crippen molar-refractivity contribution < 1.29 is 4.79 Å². The van der Waals surface area contributed by atoms with Crippen molar-refractivity contribution in [3.63, 3.8) is 0 Å². The van der Waals surface area contributed by atoms with E-state index in [-0.39, 0.29) is 0 Å². The maximum Gasteiger partial charge on any atom is 0.237 e. The summed E-state index contributed by atoms with van der Waals surface area (Å²) in [5, 5.41) is 0. The average Bonchev–Trinajstić information content (AvgIpc) is 2.76. The van der Waals surface area contributed by atoms with Crippen molar-refractivity contribution in [3.8, 4) is 0 Å². The van der Waals surface area contributed by atoms with Crippen LogP contribution in [0.2, 0.25) is 6.04 Å².